The van der Waals surface area contributed by atoms with E-state index in [1.165, 1.54) is 5.56 Å². The number of fused-ring (bicyclic) bond motifs is 1. The molecule has 1 aliphatic rings. The number of H-pyrrole nitrogens is 1. The quantitative estimate of drug-likeness (QED) is 0.192. The van der Waals surface area contributed by atoms with Crippen LogP contribution in [0.2, 0.25) is 0 Å². The third-order valence-corrected chi connectivity index (χ3v) is 7.02. The van der Waals surface area contributed by atoms with Crippen LogP contribution in [-0.2, 0) is 41.7 Å². The predicted molar refractivity (Wildman–Crippen MR) is 152 cm³/mol. The van der Waals surface area contributed by atoms with E-state index in [0.29, 0.717) is 50.1 Å². The van der Waals surface area contributed by atoms with Crippen molar-refractivity contribution in [2.45, 2.75) is 70.3 Å². The van der Waals surface area contributed by atoms with Gasteiger partial charge in [0.2, 0.25) is 11.8 Å². The fourth-order valence-corrected chi connectivity index (χ4v) is 4.81. The number of hydrogen-bond donors (Lipinski definition) is 3. The van der Waals surface area contributed by atoms with Gasteiger partial charge < -0.3 is 20.5 Å². The Labute approximate surface area is 238 Å². The highest BCUT2D eigenvalue weighted by molar-refractivity contribution is 6.01. The first-order valence-electron chi connectivity index (χ1n) is 14.1. The van der Waals surface area contributed by atoms with Gasteiger partial charge in [-0.05, 0) is 42.9 Å². The number of hydrogen-bond acceptors (Lipinski definition) is 6. The molecule has 1 atom stereocenters. The van der Waals surface area contributed by atoms with E-state index >= 15 is 0 Å². The van der Waals surface area contributed by atoms with Gasteiger partial charge in [-0.1, -0.05) is 55.0 Å². The second kappa shape index (κ2) is 14.8. The summed E-state index contributed by atoms with van der Waals surface area (Å²) >= 11 is 0. The lowest BCUT2D eigenvalue weighted by Crippen LogP contribution is -2.48. The highest BCUT2D eigenvalue weighted by atomic mass is 16.7. The van der Waals surface area contributed by atoms with Gasteiger partial charge in [-0.25, -0.2) is 4.79 Å². The van der Waals surface area contributed by atoms with Crippen LogP contribution in [0.15, 0.2) is 60.8 Å². The third kappa shape index (κ3) is 8.76. The molecular formula is C31H36N4O6. The number of nitrogens with one attached hydrogen (secondary N) is 3. The van der Waals surface area contributed by atoms with Crippen LogP contribution in [0.25, 0.3) is 10.9 Å². The average molecular weight is 561 g/mol. The first kappa shape index (κ1) is 29.5. The van der Waals surface area contributed by atoms with E-state index in [9.17, 15) is 24.0 Å². The van der Waals surface area contributed by atoms with Crippen LogP contribution in [0.4, 0.5) is 0 Å². The maximum absolute atomic E-state index is 13.2. The van der Waals surface area contributed by atoms with Crippen molar-refractivity contribution in [2.24, 2.45) is 0 Å². The number of carbonyl (C=O) groups excluding carboxylic acids is 5. The van der Waals surface area contributed by atoms with Crippen molar-refractivity contribution < 1.29 is 28.8 Å². The first-order chi connectivity index (χ1) is 19.9. The number of aromatic nitrogens is 1. The molecule has 216 valence electrons. The third-order valence-electron chi connectivity index (χ3n) is 7.02. The minimum absolute atomic E-state index is 0.0568. The molecule has 0 spiro atoms. The standard InChI is InChI=1S/C31H36N4O6/c36-27(15-9-12-22-10-3-1-4-11-22)34-26(20-23-21-33-25-14-7-6-13-24(23)25)31(40)32-19-8-2-5-16-30(39)41-35-28(37)17-18-29(35)38/h1,3-4,6-7,10-11,13-14,21,26,33H,2,5,8-9,12,15-20H2,(H,32,40)(H,34,36). The molecule has 0 radical (unpaired) electrons. The van der Waals surface area contributed by atoms with Gasteiger partial charge in [-0.2, -0.15) is 0 Å². The summed E-state index contributed by atoms with van der Waals surface area (Å²) in [5.74, 6) is -2.08. The molecule has 1 aliphatic heterocycles. The van der Waals surface area contributed by atoms with E-state index < -0.39 is 23.8 Å². The summed E-state index contributed by atoms with van der Waals surface area (Å²) in [6.45, 7) is 0.380. The van der Waals surface area contributed by atoms with Gasteiger partial charge in [-0.3, -0.25) is 19.2 Å². The molecule has 1 fully saturated rings. The number of aromatic amines is 1. The molecule has 3 N–H and O–H groups in total. The van der Waals surface area contributed by atoms with E-state index in [4.69, 9.17) is 4.84 Å². The highest BCUT2D eigenvalue weighted by Gasteiger charge is 2.32. The number of nitrogens with zero attached hydrogens (tertiary/aromatic N) is 1. The molecule has 2 heterocycles. The van der Waals surface area contributed by atoms with E-state index in [-0.39, 0.29) is 31.1 Å². The second-order valence-electron chi connectivity index (χ2n) is 10.2. The molecule has 10 heteroatoms. The normalized spacial score (nSPS) is 13.8. The fraction of sp³-hybridized carbons (Fsp3) is 0.387. The summed E-state index contributed by atoms with van der Waals surface area (Å²) in [4.78, 5) is 69.1. The maximum Gasteiger partial charge on any atom is 0.333 e. The van der Waals surface area contributed by atoms with Gasteiger partial charge in [0.25, 0.3) is 11.8 Å². The van der Waals surface area contributed by atoms with E-state index in [0.717, 1.165) is 22.9 Å². The summed E-state index contributed by atoms with van der Waals surface area (Å²) in [5, 5.41) is 7.40. The number of para-hydroxylation sites is 1. The Morgan fingerprint density at radius 2 is 1.61 bits per heavy atom. The molecule has 2 aromatic carbocycles. The minimum Gasteiger partial charge on any atom is -0.361 e. The Bertz CT molecular complexity index is 1350. The van der Waals surface area contributed by atoms with Crippen LogP contribution in [0.1, 0.15) is 62.5 Å². The number of hydroxylamine groups is 2. The van der Waals surface area contributed by atoms with Crippen molar-refractivity contribution in [3.05, 3.63) is 71.9 Å². The zero-order valence-electron chi connectivity index (χ0n) is 23.0. The lowest BCUT2D eigenvalue weighted by molar-refractivity contribution is -0.197. The zero-order chi connectivity index (χ0) is 29.0. The number of unbranched alkanes of at least 4 members (excludes halogenated alkanes) is 2. The SMILES string of the molecule is O=C(CCCc1ccccc1)NC(Cc1c[nH]c2ccccc12)C(=O)NCCCCCC(=O)ON1C(=O)CCC1=O. The van der Waals surface area contributed by atoms with E-state index in [1.54, 1.807) is 0 Å². The van der Waals surface area contributed by atoms with Crippen LogP contribution in [0, 0.1) is 0 Å². The first-order valence-corrected chi connectivity index (χ1v) is 14.1. The number of amides is 4. The largest absolute Gasteiger partial charge is 0.361 e. The number of carbonyl (C=O) groups is 5. The van der Waals surface area contributed by atoms with Crippen LogP contribution < -0.4 is 10.6 Å². The topological polar surface area (TPSA) is 138 Å². The van der Waals surface area contributed by atoms with Gasteiger partial charge in [0, 0.05) is 55.7 Å². The van der Waals surface area contributed by atoms with Crippen LogP contribution in [0.3, 0.4) is 0 Å². The number of benzene rings is 2. The van der Waals surface area contributed by atoms with Crippen molar-refractivity contribution in [1.82, 2.24) is 20.7 Å². The zero-order valence-corrected chi connectivity index (χ0v) is 23.0. The summed E-state index contributed by atoms with van der Waals surface area (Å²) in [6.07, 6.45) is 5.91. The summed E-state index contributed by atoms with van der Waals surface area (Å²) in [5.41, 5.74) is 3.08. The molecule has 41 heavy (non-hydrogen) atoms. The summed E-state index contributed by atoms with van der Waals surface area (Å²) in [6, 6.07) is 17.1. The van der Waals surface area contributed by atoms with Gasteiger partial charge in [0.1, 0.15) is 6.04 Å². The van der Waals surface area contributed by atoms with Crippen LogP contribution in [0.5, 0.6) is 0 Å². The number of aryl methyl sites for hydroxylation is 1. The van der Waals surface area contributed by atoms with E-state index in [1.807, 2.05) is 60.8 Å². The Balaban J connectivity index is 1.23. The highest BCUT2D eigenvalue weighted by Crippen LogP contribution is 2.19. The molecule has 4 rings (SSSR count). The van der Waals surface area contributed by atoms with E-state index in [2.05, 4.69) is 15.6 Å². The number of imide groups is 1. The molecule has 1 aromatic heterocycles. The smallest absolute Gasteiger partial charge is 0.333 e. The van der Waals surface area contributed by atoms with Crippen LogP contribution >= 0.6 is 0 Å². The van der Waals surface area contributed by atoms with Crippen LogP contribution in [-0.4, -0.2) is 52.2 Å². The molecule has 1 saturated heterocycles. The second-order valence-corrected chi connectivity index (χ2v) is 10.2. The Morgan fingerprint density at radius 1 is 0.878 bits per heavy atom. The molecule has 4 amide bonds. The molecule has 3 aromatic rings. The molecule has 0 aliphatic carbocycles. The van der Waals surface area contributed by atoms with Crippen molar-refractivity contribution in [3.8, 4) is 0 Å². The Morgan fingerprint density at radius 3 is 2.39 bits per heavy atom. The van der Waals surface area contributed by atoms with Gasteiger partial charge >= 0.3 is 5.97 Å². The predicted octanol–water partition coefficient (Wildman–Crippen LogP) is 3.50. The van der Waals surface area contributed by atoms with Gasteiger partial charge in [0.15, 0.2) is 0 Å². The average Bonchev–Trinajstić information content (AvgIpc) is 3.53. The van der Waals surface area contributed by atoms with Crippen molar-refractivity contribution in [1.29, 1.82) is 0 Å². The molecule has 1 unspecified atom stereocenters. The number of rotatable bonds is 15. The summed E-state index contributed by atoms with van der Waals surface area (Å²) in [7, 11) is 0. The summed E-state index contributed by atoms with van der Waals surface area (Å²) < 4.78 is 0. The Hall–Kier alpha value is -4.47. The molecule has 0 saturated carbocycles. The fourth-order valence-electron chi connectivity index (χ4n) is 4.81. The molecule has 0 bridgehead atoms. The minimum atomic E-state index is -0.732. The lowest BCUT2D eigenvalue weighted by atomic mass is 10.0. The Kier molecular flexibility index (Phi) is 10.6. The maximum atomic E-state index is 13.2. The monoisotopic (exact) mass is 560 g/mol. The lowest BCUT2D eigenvalue weighted by Gasteiger charge is -2.18. The van der Waals surface area contributed by atoms with Gasteiger partial charge in [-0.15, -0.1) is 5.06 Å². The molecule has 10 nitrogen and oxygen atoms in total. The van der Waals surface area contributed by atoms with Crippen molar-refractivity contribution in [2.75, 3.05) is 6.54 Å². The van der Waals surface area contributed by atoms with Crippen molar-refractivity contribution in [3.63, 3.8) is 0 Å². The van der Waals surface area contributed by atoms with Crippen molar-refractivity contribution >= 4 is 40.5 Å². The van der Waals surface area contributed by atoms with Gasteiger partial charge in [0.05, 0.1) is 0 Å². The molecular weight excluding hydrogens is 524 g/mol.